The average molecular weight is 308 g/mol. The van der Waals surface area contributed by atoms with Crippen LogP contribution in [-0.4, -0.2) is 15.6 Å². The quantitative estimate of drug-likeness (QED) is 0.908. The average Bonchev–Trinajstić information content (AvgIpc) is 2.93. The topological polar surface area (TPSA) is 43.8 Å². The second-order valence-electron chi connectivity index (χ2n) is 5.78. The zero-order valence-corrected chi connectivity index (χ0v) is 12.8. The van der Waals surface area contributed by atoms with Gasteiger partial charge in [0.1, 0.15) is 11.6 Å². The van der Waals surface area contributed by atoms with Crippen molar-refractivity contribution in [2.24, 2.45) is 5.73 Å². The first kappa shape index (κ1) is 14.5. The zero-order chi connectivity index (χ0) is 15.0. The predicted molar refractivity (Wildman–Crippen MR) is 82.8 cm³/mol. The van der Waals surface area contributed by atoms with E-state index in [-0.39, 0.29) is 11.9 Å². The third-order valence-corrected chi connectivity index (χ3v) is 4.63. The van der Waals surface area contributed by atoms with Crippen molar-refractivity contribution < 1.29 is 4.39 Å². The lowest BCUT2D eigenvalue weighted by atomic mass is 9.91. The van der Waals surface area contributed by atoms with Crippen LogP contribution in [0.2, 0.25) is 5.02 Å². The number of aromatic nitrogens is 2. The second kappa shape index (κ2) is 5.78. The molecule has 1 heterocycles. The maximum absolute atomic E-state index is 14.5. The van der Waals surface area contributed by atoms with Crippen molar-refractivity contribution in [3.05, 3.63) is 40.9 Å². The van der Waals surface area contributed by atoms with Crippen LogP contribution in [0.25, 0.3) is 11.4 Å². The van der Waals surface area contributed by atoms with Crippen molar-refractivity contribution in [2.45, 2.75) is 44.7 Å². The molecule has 3 nitrogen and oxygen atoms in total. The van der Waals surface area contributed by atoms with Crippen LogP contribution in [0.1, 0.15) is 37.3 Å². The number of nitrogens with zero attached hydrogens (tertiary/aromatic N) is 2. The van der Waals surface area contributed by atoms with E-state index in [1.165, 1.54) is 0 Å². The van der Waals surface area contributed by atoms with Gasteiger partial charge in [0, 0.05) is 24.5 Å². The number of aryl methyl sites for hydroxylation is 1. The summed E-state index contributed by atoms with van der Waals surface area (Å²) in [6.07, 6.45) is 7.60. The Morgan fingerprint density at radius 2 is 2.00 bits per heavy atom. The molecule has 2 N–H and O–H groups in total. The number of benzene rings is 1. The van der Waals surface area contributed by atoms with E-state index >= 15 is 0 Å². The number of rotatable bonds is 2. The molecule has 0 aliphatic heterocycles. The van der Waals surface area contributed by atoms with Crippen LogP contribution in [0.3, 0.4) is 0 Å². The SMILES string of the molecule is Cc1ccc(Cl)c(-c2nccn2C2CCC(N)CC2)c1F. The summed E-state index contributed by atoms with van der Waals surface area (Å²) < 4.78 is 16.5. The van der Waals surface area contributed by atoms with E-state index in [0.717, 1.165) is 25.7 Å². The molecule has 1 saturated carbocycles. The van der Waals surface area contributed by atoms with Crippen molar-refractivity contribution in [3.63, 3.8) is 0 Å². The molecule has 0 amide bonds. The van der Waals surface area contributed by atoms with E-state index in [1.54, 1.807) is 25.3 Å². The lowest BCUT2D eigenvalue weighted by Gasteiger charge is -2.28. The Morgan fingerprint density at radius 1 is 1.29 bits per heavy atom. The fraction of sp³-hybridized carbons (Fsp3) is 0.438. The first-order chi connectivity index (χ1) is 10.1. The van der Waals surface area contributed by atoms with Crippen molar-refractivity contribution in [2.75, 3.05) is 0 Å². The van der Waals surface area contributed by atoms with Crippen molar-refractivity contribution in [1.29, 1.82) is 0 Å². The molecular formula is C16H19ClFN3. The van der Waals surface area contributed by atoms with Gasteiger partial charge in [0.25, 0.3) is 0 Å². The molecule has 0 bridgehead atoms. The highest BCUT2D eigenvalue weighted by atomic mass is 35.5. The maximum atomic E-state index is 14.5. The summed E-state index contributed by atoms with van der Waals surface area (Å²) >= 11 is 6.21. The Balaban J connectivity index is 2.02. The van der Waals surface area contributed by atoms with Crippen LogP contribution in [0, 0.1) is 12.7 Å². The van der Waals surface area contributed by atoms with E-state index in [1.807, 2.05) is 6.20 Å². The molecule has 0 atom stereocenters. The third kappa shape index (κ3) is 2.70. The Labute approximate surface area is 128 Å². The Morgan fingerprint density at radius 3 is 2.71 bits per heavy atom. The van der Waals surface area contributed by atoms with E-state index in [4.69, 9.17) is 17.3 Å². The molecule has 0 radical (unpaired) electrons. The Hall–Kier alpha value is -1.39. The number of hydrogen-bond acceptors (Lipinski definition) is 2. The molecule has 0 unspecified atom stereocenters. The van der Waals surface area contributed by atoms with Gasteiger partial charge in [0.05, 0.1) is 10.6 Å². The van der Waals surface area contributed by atoms with Crippen LogP contribution in [0.15, 0.2) is 24.5 Å². The molecule has 1 aliphatic carbocycles. The van der Waals surface area contributed by atoms with Crippen molar-refractivity contribution in [3.8, 4) is 11.4 Å². The first-order valence-electron chi connectivity index (χ1n) is 7.31. The normalized spacial score (nSPS) is 22.5. The summed E-state index contributed by atoms with van der Waals surface area (Å²) in [7, 11) is 0. The standard InChI is InChI=1S/C16H19ClFN3/c1-10-2-7-13(17)14(15(10)18)16-20-8-9-21(16)12-5-3-11(19)4-6-12/h2,7-9,11-12H,3-6,19H2,1H3. The lowest BCUT2D eigenvalue weighted by Crippen LogP contribution is -2.28. The van der Waals surface area contributed by atoms with E-state index < -0.39 is 0 Å². The van der Waals surface area contributed by atoms with Gasteiger partial charge in [-0.1, -0.05) is 17.7 Å². The van der Waals surface area contributed by atoms with Gasteiger partial charge in [-0.25, -0.2) is 9.37 Å². The molecule has 112 valence electrons. The number of halogens is 2. The fourth-order valence-electron chi connectivity index (χ4n) is 3.04. The summed E-state index contributed by atoms with van der Waals surface area (Å²) in [5.41, 5.74) is 6.94. The summed E-state index contributed by atoms with van der Waals surface area (Å²) in [6.45, 7) is 1.74. The minimum absolute atomic E-state index is 0.285. The number of hydrogen-bond donors (Lipinski definition) is 1. The molecular weight excluding hydrogens is 289 g/mol. The highest BCUT2D eigenvalue weighted by Gasteiger charge is 2.24. The molecule has 21 heavy (non-hydrogen) atoms. The molecule has 0 saturated heterocycles. The van der Waals surface area contributed by atoms with Gasteiger partial charge in [-0.3, -0.25) is 0 Å². The minimum Gasteiger partial charge on any atom is -0.328 e. The Kier molecular flexibility index (Phi) is 4.00. The summed E-state index contributed by atoms with van der Waals surface area (Å²) in [5, 5.41) is 0.401. The summed E-state index contributed by atoms with van der Waals surface area (Å²) in [4.78, 5) is 4.35. The van der Waals surface area contributed by atoms with Gasteiger partial charge in [0.2, 0.25) is 0 Å². The lowest BCUT2D eigenvalue weighted by molar-refractivity contribution is 0.325. The largest absolute Gasteiger partial charge is 0.328 e. The zero-order valence-electron chi connectivity index (χ0n) is 12.0. The summed E-state index contributed by atoms with van der Waals surface area (Å²) in [5.74, 6) is 0.323. The third-order valence-electron chi connectivity index (χ3n) is 4.31. The second-order valence-corrected chi connectivity index (χ2v) is 6.19. The van der Waals surface area contributed by atoms with Crippen molar-refractivity contribution in [1.82, 2.24) is 9.55 Å². The Bertz CT molecular complexity index is 645. The summed E-state index contributed by atoms with van der Waals surface area (Å²) in [6, 6.07) is 4.02. The van der Waals surface area contributed by atoms with E-state index in [9.17, 15) is 4.39 Å². The van der Waals surface area contributed by atoms with Crippen LogP contribution in [-0.2, 0) is 0 Å². The molecule has 2 aromatic rings. The van der Waals surface area contributed by atoms with Gasteiger partial charge >= 0.3 is 0 Å². The highest BCUT2D eigenvalue weighted by molar-refractivity contribution is 6.33. The van der Waals surface area contributed by atoms with Gasteiger partial charge in [0.15, 0.2) is 0 Å². The number of imidazole rings is 1. The van der Waals surface area contributed by atoms with Crippen molar-refractivity contribution >= 4 is 11.6 Å². The minimum atomic E-state index is -0.289. The van der Waals surface area contributed by atoms with Crippen LogP contribution >= 0.6 is 11.6 Å². The van der Waals surface area contributed by atoms with Gasteiger partial charge in [-0.15, -0.1) is 0 Å². The van der Waals surface area contributed by atoms with Crippen LogP contribution in [0.5, 0.6) is 0 Å². The molecule has 1 aliphatic rings. The van der Waals surface area contributed by atoms with Gasteiger partial charge in [-0.2, -0.15) is 0 Å². The maximum Gasteiger partial charge on any atom is 0.144 e. The number of nitrogens with two attached hydrogens (primary N) is 1. The highest BCUT2D eigenvalue weighted by Crippen LogP contribution is 2.36. The molecule has 1 fully saturated rings. The first-order valence-corrected chi connectivity index (χ1v) is 7.69. The molecule has 1 aromatic carbocycles. The van der Waals surface area contributed by atoms with E-state index in [2.05, 4.69) is 9.55 Å². The van der Waals surface area contributed by atoms with E-state index in [0.29, 0.717) is 28.0 Å². The molecule has 1 aromatic heterocycles. The molecule has 5 heteroatoms. The van der Waals surface area contributed by atoms with Gasteiger partial charge < -0.3 is 10.3 Å². The molecule has 0 spiro atoms. The molecule has 3 rings (SSSR count). The smallest absolute Gasteiger partial charge is 0.144 e. The van der Waals surface area contributed by atoms with Crippen LogP contribution in [0.4, 0.5) is 4.39 Å². The van der Waals surface area contributed by atoms with Crippen LogP contribution < -0.4 is 5.73 Å². The monoisotopic (exact) mass is 307 g/mol. The predicted octanol–water partition coefficient (Wildman–Crippen LogP) is 4.09. The van der Waals surface area contributed by atoms with Gasteiger partial charge in [-0.05, 0) is 44.2 Å². The fourth-order valence-corrected chi connectivity index (χ4v) is 3.27.